The van der Waals surface area contributed by atoms with Gasteiger partial charge in [0.1, 0.15) is 5.69 Å². The van der Waals surface area contributed by atoms with Crippen LogP contribution in [0.4, 0.5) is 5.69 Å². The second-order valence-electron chi connectivity index (χ2n) is 4.14. The zero-order chi connectivity index (χ0) is 12.7. The topological polar surface area (TPSA) is 82.0 Å². The number of aryl methyl sites for hydroxylation is 2. The molecule has 3 heterocycles. The van der Waals surface area contributed by atoms with Crippen molar-refractivity contribution in [3.05, 3.63) is 35.8 Å². The van der Waals surface area contributed by atoms with Crippen molar-refractivity contribution >= 4 is 11.5 Å². The van der Waals surface area contributed by atoms with E-state index >= 15 is 0 Å². The molecule has 3 aromatic heterocycles. The Labute approximate surface area is 104 Å². The molecule has 0 aliphatic heterocycles. The SMILES string of the molecule is Cc1cc(C)n2c(-c3ncccc3N)nnc2n1. The maximum Gasteiger partial charge on any atom is 0.255 e. The fourth-order valence-corrected chi connectivity index (χ4v) is 1.99. The molecule has 0 aliphatic carbocycles. The van der Waals surface area contributed by atoms with Gasteiger partial charge in [-0.2, -0.15) is 0 Å². The van der Waals surface area contributed by atoms with Crippen molar-refractivity contribution in [2.75, 3.05) is 5.73 Å². The molecule has 0 fully saturated rings. The Kier molecular flexibility index (Phi) is 2.22. The van der Waals surface area contributed by atoms with Crippen molar-refractivity contribution in [2.45, 2.75) is 13.8 Å². The van der Waals surface area contributed by atoms with Crippen LogP contribution in [-0.2, 0) is 0 Å². The van der Waals surface area contributed by atoms with Gasteiger partial charge in [-0.3, -0.25) is 9.38 Å². The number of pyridine rings is 1. The van der Waals surface area contributed by atoms with E-state index in [9.17, 15) is 0 Å². The van der Waals surface area contributed by atoms with Crippen LogP contribution in [0.25, 0.3) is 17.3 Å². The van der Waals surface area contributed by atoms with Crippen LogP contribution in [0.15, 0.2) is 24.4 Å². The Morgan fingerprint density at radius 3 is 2.83 bits per heavy atom. The maximum absolute atomic E-state index is 5.92. The van der Waals surface area contributed by atoms with Crippen LogP contribution in [0, 0.1) is 13.8 Å². The van der Waals surface area contributed by atoms with Gasteiger partial charge in [0, 0.05) is 17.6 Å². The molecule has 2 N–H and O–H groups in total. The summed E-state index contributed by atoms with van der Waals surface area (Å²) in [5.74, 6) is 1.18. The third kappa shape index (κ3) is 1.50. The van der Waals surface area contributed by atoms with Crippen molar-refractivity contribution in [3.63, 3.8) is 0 Å². The standard InChI is InChI=1S/C12H12N6/c1-7-6-8(2)18-11(16-17-12(18)15-7)10-9(13)4-3-5-14-10/h3-6H,13H2,1-2H3. The fourth-order valence-electron chi connectivity index (χ4n) is 1.99. The van der Waals surface area contributed by atoms with Crippen LogP contribution in [0.1, 0.15) is 11.4 Å². The molecule has 0 saturated carbocycles. The van der Waals surface area contributed by atoms with Crippen molar-refractivity contribution in [3.8, 4) is 11.5 Å². The van der Waals surface area contributed by atoms with Crippen molar-refractivity contribution in [2.24, 2.45) is 0 Å². The highest BCUT2D eigenvalue weighted by molar-refractivity contribution is 5.68. The highest BCUT2D eigenvalue weighted by atomic mass is 15.3. The lowest BCUT2D eigenvalue weighted by molar-refractivity contribution is 1.01. The van der Waals surface area contributed by atoms with E-state index in [-0.39, 0.29) is 0 Å². The number of rotatable bonds is 1. The first-order chi connectivity index (χ1) is 8.66. The van der Waals surface area contributed by atoms with Gasteiger partial charge < -0.3 is 5.73 Å². The van der Waals surface area contributed by atoms with Crippen molar-refractivity contribution in [1.29, 1.82) is 0 Å². The highest BCUT2D eigenvalue weighted by Crippen LogP contribution is 2.22. The zero-order valence-electron chi connectivity index (χ0n) is 10.1. The molecule has 0 amide bonds. The number of hydrogen-bond donors (Lipinski definition) is 1. The minimum Gasteiger partial charge on any atom is -0.397 e. The zero-order valence-corrected chi connectivity index (χ0v) is 10.1. The summed E-state index contributed by atoms with van der Waals surface area (Å²) < 4.78 is 1.85. The second-order valence-corrected chi connectivity index (χ2v) is 4.14. The molecule has 3 rings (SSSR count). The third-order valence-corrected chi connectivity index (χ3v) is 2.74. The summed E-state index contributed by atoms with van der Waals surface area (Å²) in [4.78, 5) is 8.59. The first kappa shape index (κ1) is 10.6. The van der Waals surface area contributed by atoms with Crippen molar-refractivity contribution in [1.82, 2.24) is 24.6 Å². The van der Waals surface area contributed by atoms with Crippen LogP contribution in [-0.4, -0.2) is 24.6 Å². The normalized spacial score (nSPS) is 11.0. The summed E-state index contributed by atoms with van der Waals surface area (Å²) in [5.41, 5.74) is 9.03. The molecule has 3 aromatic rings. The molecule has 90 valence electrons. The molecule has 0 saturated heterocycles. The molecule has 6 heteroatoms. The number of anilines is 1. The predicted octanol–water partition coefficient (Wildman–Crippen LogP) is 1.39. The van der Waals surface area contributed by atoms with E-state index in [1.54, 1.807) is 18.3 Å². The van der Waals surface area contributed by atoms with E-state index in [0.29, 0.717) is 23.0 Å². The molecular formula is C12H12N6. The average Bonchev–Trinajstić information content (AvgIpc) is 2.73. The van der Waals surface area contributed by atoms with Crippen LogP contribution in [0.3, 0.4) is 0 Å². The first-order valence-electron chi connectivity index (χ1n) is 5.57. The Morgan fingerprint density at radius 2 is 2.06 bits per heavy atom. The van der Waals surface area contributed by atoms with Gasteiger partial charge in [-0.1, -0.05) is 0 Å². The molecule has 0 atom stereocenters. The third-order valence-electron chi connectivity index (χ3n) is 2.74. The minimum atomic E-state index is 0.563. The van der Waals surface area contributed by atoms with Gasteiger partial charge in [0.15, 0.2) is 5.82 Å². The van der Waals surface area contributed by atoms with Crippen LogP contribution < -0.4 is 5.73 Å². The molecule has 18 heavy (non-hydrogen) atoms. The quantitative estimate of drug-likeness (QED) is 0.695. The van der Waals surface area contributed by atoms with Gasteiger partial charge in [0.2, 0.25) is 0 Å². The van der Waals surface area contributed by atoms with Gasteiger partial charge in [-0.25, -0.2) is 4.98 Å². The monoisotopic (exact) mass is 240 g/mol. The summed E-state index contributed by atoms with van der Waals surface area (Å²) in [5, 5.41) is 8.20. The van der Waals surface area contributed by atoms with Gasteiger partial charge in [0.05, 0.1) is 5.69 Å². The van der Waals surface area contributed by atoms with E-state index in [4.69, 9.17) is 5.73 Å². The Hall–Kier alpha value is -2.50. The van der Waals surface area contributed by atoms with E-state index < -0.39 is 0 Å². The van der Waals surface area contributed by atoms with Crippen LogP contribution in [0.2, 0.25) is 0 Å². The molecular weight excluding hydrogens is 228 g/mol. The summed E-state index contributed by atoms with van der Waals surface area (Å²) in [6.45, 7) is 3.91. The number of nitrogens with zero attached hydrogens (tertiary/aromatic N) is 5. The second kappa shape index (κ2) is 3.76. The lowest BCUT2D eigenvalue weighted by atomic mass is 10.3. The van der Waals surface area contributed by atoms with Crippen molar-refractivity contribution < 1.29 is 0 Å². The van der Waals surface area contributed by atoms with Gasteiger partial charge in [-0.05, 0) is 32.0 Å². The molecule has 0 aromatic carbocycles. The van der Waals surface area contributed by atoms with Gasteiger partial charge >= 0.3 is 0 Å². The number of hydrogen-bond acceptors (Lipinski definition) is 5. The smallest absolute Gasteiger partial charge is 0.255 e. The maximum atomic E-state index is 5.92. The largest absolute Gasteiger partial charge is 0.397 e. The number of fused-ring (bicyclic) bond motifs is 1. The van der Waals surface area contributed by atoms with E-state index in [2.05, 4.69) is 20.2 Å². The summed E-state index contributed by atoms with van der Waals surface area (Å²) in [7, 11) is 0. The minimum absolute atomic E-state index is 0.563. The molecule has 0 unspecified atom stereocenters. The number of nitrogen functional groups attached to an aromatic ring is 1. The van der Waals surface area contributed by atoms with Crippen LogP contribution >= 0.6 is 0 Å². The lowest BCUT2D eigenvalue weighted by Crippen LogP contribution is -2.01. The van der Waals surface area contributed by atoms with Gasteiger partial charge in [-0.15, -0.1) is 10.2 Å². The van der Waals surface area contributed by atoms with E-state index in [0.717, 1.165) is 11.4 Å². The molecule has 0 aliphatic rings. The number of nitrogens with two attached hydrogens (primary N) is 1. The highest BCUT2D eigenvalue weighted by Gasteiger charge is 2.14. The van der Waals surface area contributed by atoms with Gasteiger partial charge in [0.25, 0.3) is 5.78 Å². The Morgan fingerprint density at radius 1 is 1.22 bits per heavy atom. The molecule has 0 radical (unpaired) electrons. The molecule has 0 spiro atoms. The molecule has 0 bridgehead atoms. The predicted molar refractivity (Wildman–Crippen MR) is 67.9 cm³/mol. The fraction of sp³-hybridized carbons (Fsp3) is 0.167. The summed E-state index contributed by atoms with van der Waals surface area (Å²) >= 11 is 0. The van der Waals surface area contributed by atoms with Crippen LogP contribution in [0.5, 0.6) is 0 Å². The average molecular weight is 240 g/mol. The Balaban J connectivity index is 2.35. The molecule has 6 nitrogen and oxygen atoms in total. The van der Waals surface area contributed by atoms with E-state index in [1.165, 1.54) is 0 Å². The first-order valence-corrected chi connectivity index (χ1v) is 5.57. The number of aromatic nitrogens is 5. The summed E-state index contributed by atoms with van der Waals surface area (Å²) in [6, 6.07) is 5.55. The lowest BCUT2D eigenvalue weighted by Gasteiger charge is -2.05. The Bertz CT molecular complexity index is 731. The summed E-state index contributed by atoms with van der Waals surface area (Å²) in [6.07, 6.45) is 1.68. The van der Waals surface area contributed by atoms with E-state index in [1.807, 2.05) is 24.3 Å².